The Morgan fingerprint density at radius 2 is 2.45 bits per heavy atom. The summed E-state index contributed by atoms with van der Waals surface area (Å²) in [6.07, 6.45) is 1.48. The van der Waals surface area contributed by atoms with Gasteiger partial charge in [0.2, 0.25) is 5.91 Å². The summed E-state index contributed by atoms with van der Waals surface area (Å²) in [5.74, 6) is -0.0712. The molecule has 2 saturated heterocycles. The van der Waals surface area contributed by atoms with E-state index in [-0.39, 0.29) is 30.1 Å². The van der Waals surface area contributed by atoms with Gasteiger partial charge in [0, 0.05) is 25.4 Å². The van der Waals surface area contributed by atoms with E-state index in [1.807, 2.05) is 21.7 Å². The monoisotopic (exact) mass is 324 g/mol. The highest BCUT2D eigenvalue weighted by Gasteiger charge is 2.47. The molecule has 3 rings (SSSR count). The lowest BCUT2D eigenvalue weighted by molar-refractivity contribution is -0.127. The Labute approximate surface area is 133 Å². The minimum Gasteiger partial charge on any atom is -0.370 e. The number of amides is 2. The maximum atomic E-state index is 12.4. The van der Waals surface area contributed by atoms with E-state index in [1.54, 1.807) is 7.05 Å². The van der Waals surface area contributed by atoms with Gasteiger partial charge in [0.1, 0.15) is 6.61 Å². The highest BCUT2D eigenvalue weighted by atomic mass is 32.1. The third kappa shape index (κ3) is 3.16. The summed E-state index contributed by atoms with van der Waals surface area (Å²) < 4.78 is 11.5. The molecular formula is C15H20N2O4S. The van der Waals surface area contributed by atoms with Crippen molar-refractivity contribution >= 4 is 23.2 Å². The molecule has 0 aliphatic carbocycles. The van der Waals surface area contributed by atoms with Crippen LogP contribution in [0.5, 0.6) is 0 Å². The first-order chi connectivity index (χ1) is 10.6. The minimum absolute atomic E-state index is 0.0537. The molecule has 0 aromatic carbocycles. The van der Waals surface area contributed by atoms with Gasteiger partial charge < -0.3 is 19.7 Å². The number of thiophene rings is 1. The van der Waals surface area contributed by atoms with E-state index in [0.29, 0.717) is 19.7 Å². The zero-order valence-electron chi connectivity index (χ0n) is 12.5. The molecule has 7 heteroatoms. The summed E-state index contributed by atoms with van der Waals surface area (Å²) >= 11 is 1.53. The van der Waals surface area contributed by atoms with E-state index in [4.69, 9.17) is 9.47 Å². The zero-order chi connectivity index (χ0) is 15.6. The van der Waals surface area contributed by atoms with Gasteiger partial charge in [0.05, 0.1) is 30.4 Å². The topological polar surface area (TPSA) is 67.9 Å². The minimum atomic E-state index is -0.307. The number of carbonyl (C=O) groups excluding carboxylic acids is 2. The van der Waals surface area contributed by atoms with Crippen molar-refractivity contribution in [1.29, 1.82) is 0 Å². The van der Waals surface area contributed by atoms with Gasteiger partial charge in [-0.05, 0) is 17.9 Å². The maximum absolute atomic E-state index is 12.4. The molecule has 2 atom stereocenters. The normalized spacial score (nSPS) is 27.5. The average molecular weight is 324 g/mol. The van der Waals surface area contributed by atoms with Crippen molar-refractivity contribution in [3.8, 4) is 0 Å². The molecular weight excluding hydrogens is 304 g/mol. The summed E-state index contributed by atoms with van der Waals surface area (Å²) in [6.45, 7) is 1.84. The molecule has 2 aliphatic heterocycles. The predicted octanol–water partition coefficient (Wildman–Crippen LogP) is 0.884. The number of ether oxygens (including phenoxy) is 2. The SMILES string of the molecule is CNC(=O)COC1COC2(CCN(C(=O)c3ccsc3)C2)C1. The number of carbonyl (C=O) groups is 2. The Bertz CT molecular complexity index is 548. The summed E-state index contributed by atoms with van der Waals surface area (Å²) in [5, 5.41) is 6.31. The van der Waals surface area contributed by atoms with E-state index in [2.05, 4.69) is 5.32 Å². The molecule has 22 heavy (non-hydrogen) atoms. The predicted molar refractivity (Wildman–Crippen MR) is 81.9 cm³/mol. The Morgan fingerprint density at radius 1 is 1.59 bits per heavy atom. The summed E-state index contributed by atoms with van der Waals surface area (Å²) in [5.41, 5.74) is 0.437. The van der Waals surface area contributed by atoms with Crippen LogP contribution in [0.25, 0.3) is 0 Å². The van der Waals surface area contributed by atoms with Crippen molar-refractivity contribution in [2.24, 2.45) is 0 Å². The molecule has 2 unspecified atom stereocenters. The molecule has 1 aromatic heterocycles. The van der Waals surface area contributed by atoms with Crippen molar-refractivity contribution < 1.29 is 19.1 Å². The molecule has 0 saturated carbocycles. The highest BCUT2D eigenvalue weighted by Crippen LogP contribution is 2.36. The van der Waals surface area contributed by atoms with Crippen molar-refractivity contribution in [3.05, 3.63) is 22.4 Å². The standard InChI is InChI=1S/C15H20N2O4S/c1-16-13(18)8-20-12-6-15(21-7-12)3-4-17(10-15)14(19)11-2-5-22-9-11/h2,5,9,12H,3-4,6-8,10H2,1H3,(H,16,18). The maximum Gasteiger partial charge on any atom is 0.254 e. The quantitative estimate of drug-likeness (QED) is 0.893. The van der Waals surface area contributed by atoms with Gasteiger partial charge >= 0.3 is 0 Å². The molecule has 1 N–H and O–H groups in total. The van der Waals surface area contributed by atoms with Gasteiger partial charge in [-0.3, -0.25) is 9.59 Å². The van der Waals surface area contributed by atoms with Crippen LogP contribution < -0.4 is 5.32 Å². The second-order valence-corrected chi connectivity index (χ2v) is 6.57. The third-order valence-corrected chi connectivity index (χ3v) is 4.96. The molecule has 2 fully saturated rings. The molecule has 2 amide bonds. The van der Waals surface area contributed by atoms with Gasteiger partial charge in [-0.25, -0.2) is 0 Å². The van der Waals surface area contributed by atoms with E-state index in [0.717, 1.165) is 18.4 Å². The van der Waals surface area contributed by atoms with Crippen molar-refractivity contribution in [2.45, 2.75) is 24.5 Å². The summed E-state index contributed by atoms with van der Waals surface area (Å²) in [4.78, 5) is 25.5. The van der Waals surface area contributed by atoms with Crippen molar-refractivity contribution in [2.75, 3.05) is 33.4 Å². The number of hydrogen-bond donors (Lipinski definition) is 1. The Morgan fingerprint density at radius 3 is 3.18 bits per heavy atom. The fraction of sp³-hybridized carbons (Fsp3) is 0.600. The smallest absolute Gasteiger partial charge is 0.254 e. The van der Waals surface area contributed by atoms with E-state index < -0.39 is 0 Å². The number of nitrogens with zero attached hydrogens (tertiary/aromatic N) is 1. The van der Waals surface area contributed by atoms with Crippen LogP contribution in [-0.2, 0) is 14.3 Å². The van der Waals surface area contributed by atoms with E-state index in [9.17, 15) is 9.59 Å². The lowest BCUT2D eigenvalue weighted by Crippen LogP contribution is -2.36. The molecule has 1 aromatic rings. The van der Waals surface area contributed by atoms with E-state index >= 15 is 0 Å². The second kappa shape index (κ2) is 6.36. The van der Waals surface area contributed by atoms with Crippen LogP contribution in [0, 0.1) is 0 Å². The first-order valence-corrected chi connectivity index (χ1v) is 8.34. The highest BCUT2D eigenvalue weighted by molar-refractivity contribution is 7.08. The molecule has 0 radical (unpaired) electrons. The number of likely N-dealkylation sites (N-methyl/N-ethyl adjacent to an activating group) is 1. The Balaban J connectivity index is 1.54. The molecule has 3 heterocycles. The first kappa shape index (κ1) is 15.5. The van der Waals surface area contributed by atoms with Crippen molar-refractivity contribution in [1.82, 2.24) is 10.2 Å². The molecule has 6 nitrogen and oxygen atoms in total. The first-order valence-electron chi connectivity index (χ1n) is 7.39. The lowest BCUT2D eigenvalue weighted by Gasteiger charge is -2.23. The van der Waals surface area contributed by atoms with Crippen molar-refractivity contribution in [3.63, 3.8) is 0 Å². The van der Waals surface area contributed by atoms with Gasteiger partial charge in [-0.15, -0.1) is 0 Å². The van der Waals surface area contributed by atoms with Crippen LogP contribution in [-0.4, -0.2) is 61.8 Å². The van der Waals surface area contributed by atoms with Gasteiger partial charge in [0.15, 0.2) is 0 Å². The number of nitrogens with one attached hydrogen (secondary N) is 1. The largest absolute Gasteiger partial charge is 0.370 e. The van der Waals surface area contributed by atoms with Gasteiger partial charge in [-0.1, -0.05) is 0 Å². The molecule has 120 valence electrons. The fourth-order valence-electron chi connectivity index (χ4n) is 3.05. The molecule has 0 bridgehead atoms. The average Bonchev–Trinajstić information content (AvgIpc) is 3.26. The Hall–Kier alpha value is -1.44. The Kier molecular flexibility index (Phi) is 4.46. The summed E-state index contributed by atoms with van der Waals surface area (Å²) in [6, 6.07) is 1.85. The summed E-state index contributed by atoms with van der Waals surface area (Å²) in [7, 11) is 1.59. The fourth-order valence-corrected chi connectivity index (χ4v) is 3.68. The molecule has 1 spiro atoms. The lowest BCUT2D eigenvalue weighted by atomic mass is 9.98. The number of likely N-dealkylation sites (tertiary alicyclic amines) is 1. The molecule has 2 aliphatic rings. The zero-order valence-corrected chi connectivity index (χ0v) is 13.4. The van der Waals surface area contributed by atoms with Crippen LogP contribution in [0.2, 0.25) is 0 Å². The van der Waals surface area contributed by atoms with Gasteiger partial charge in [0.25, 0.3) is 5.91 Å². The van der Waals surface area contributed by atoms with E-state index in [1.165, 1.54) is 11.3 Å². The third-order valence-electron chi connectivity index (χ3n) is 4.28. The second-order valence-electron chi connectivity index (χ2n) is 5.79. The number of hydrogen-bond acceptors (Lipinski definition) is 5. The van der Waals surface area contributed by atoms with Crippen LogP contribution in [0.15, 0.2) is 16.8 Å². The van der Waals surface area contributed by atoms with Crippen LogP contribution in [0.1, 0.15) is 23.2 Å². The number of rotatable bonds is 4. The van der Waals surface area contributed by atoms with Crippen LogP contribution >= 0.6 is 11.3 Å². The van der Waals surface area contributed by atoms with Crippen LogP contribution in [0.4, 0.5) is 0 Å². The van der Waals surface area contributed by atoms with Crippen LogP contribution in [0.3, 0.4) is 0 Å². The van der Waals surface area contributed by atoms with Gasteiger partial charge in [-0.2, -0.15) is 11.3 Å².